The first-order valence-electron chi connectivity index (χ1n) is 7.02. The van der Waals surface area contributed by atoms with Crippen LogP contribution >= 0.6 is 11.3 Å². The summed E-state index contributed by atoms with van der Waals surface area (Å²) >= 11 is 1.64. The van der Waals surface area contributed by atoms with Crippen molar-refractivity contribution in [3.8, 4) is 0 Å². The molecule has 2 aromatic carbocycles. The SMILES string of the molecule is O=C(Nc1ccc2sccc2c1)c1cc2ccccc2oc1=O. The van der Waals surface area contributed by atoms with Gasteiger partial charge in [0.1, 0.15) is 11.1 Å². The van der Waals surface area contributed by atoms with Crippen LogP contribution in [0.3, 0.4) is 0 Å². The fourth-order valence-electron chi connectivity index (χ4n) is 2.46. The van der Waals surface area contributed by atoms with Gasteiger partial charge in [-0.25, -0.2) is 4.79 Å². The van der Waals surface area contributed by atoms with E-state index in [1.54, 1.807) is 35.6 Å². The molecule has 0 aliphatic rings. The van der Waals surface area contributed by atoms with Crippen molar-refractivity contribution < 1.29 is 9.21 Å². The van der Waals surface area contributed by atoms with Gasteiger partial charge in [-0.2, -0.15) is 0 Å². The summed E-state index contributed by atoms with van der Waals surface area (Å²) in [7, 11) is 0. The van der Waals surface area contributed by atoms with Crippen LogP contribution in [0.25, 0.3) is 21.1 Å². The molecule has 0 aliphatic heterocycles. The van der Waals surface area contributed by atoms with Crippen molar-refractivity contribution in [2.75, 3.05) is 5.32 Å². The van der Waals surface area contributed by atoms with E-state index in [0.717, 1.165) is 10.1 Å². The van der Waals surface area contributed by atoms with Crippen molar-refractivity contribution >= 4 is 44.0 Å². The predicted octanol–water partition coefficient (Wildman–Crippen LogP) is 4.26. The van der Waals surface area contributed by atoms with Gasteiger partial charge in [0, 0.05) is 15.8 Å². The lowest BCUT2D eigenvalue weighted by atomic mass is 10.1. The number of hydrogen-bond donors (Lipinski definition) is 1. The number of para-hydroxylation sites is 1. The van der Waals surface area contributed by atoms with E-state index in [4.69, 9.17) is 4.42 Å². The number of carbonyl (C=O) groups is 1. The molecule has 112 valence electrons. The van der Waals surface area contributed by atoms with Crippen molar-refractivity contribution in [2.24, 2.45) is 0 Å². The Labute approximate surface area is 135 Å². The Bertz CT molecular complexity index is 1090. The third-order valence-corrected chi connectivity index (χ3v) is 4.49. The maximum absolute atomic E-state index is 12.4. The van der Waals surface area contributed by atoms with Crippen molar-refractivity contribution in [2.45, 2.75) is 0 Å². The smallest absolute Gasteiger partial charge is 0.349 e. The minimum Gasteiger partial charge on any atom is -0.422 e. The molecule has 0 radical (unpaired) electrons. The average molecular weight is 321 g/mol. The number of amides is 1. The normalized spacial score (nSPS) is 11.0. The third-order valence-electron chi connectivity index (χ3n) is 3.60. The van der Waals surface area contributed by atoms with Crippen LogP contribution < -0.4 is 10.9 Å². The van der Waals surface area contributed by atoms with Gasteiger partial charge in [0.25, 0.3) is 5.91 Å². The molecule has 0 spiro atoms. The molecule has 1 N–H and O–H groups in total. The second-order valence-corrected chi connectivity index (χ2v) is 6.06. The number of hydrogen-bond acceptors (Lipinski definition) is 4. The van der Waals surface area contributed by atoms with Gasteiger partial charge in [0.2, 0.25) is 0 Å². The summed E-state index contributed by atoms with van der Waals surface area (Å²) in [5.41, 5.74) is 0.467. The first-order chi connectivity index (χ1) is 11.2. The molecule has 5 heteroatoms. The summed E-state index contributed by atoms with van der Waals surface area (Å²) in [5, 5.41) is 6.51. The van der Waals surface area contributed by atoms with Gasteiger partial charge < -0.3 is 9.73 Å². The summed E-state index contributed by atoms with van der Waals surface area (Å²) in [6.07, 6.45) is 0. The Morgan fingerprint density at radius 2 is 1.87 bits per heavy atom. The van der Waals surface area contributed by atoms with E-state index in [2.05, 4.69) is 5.32 Å². The fraction of sp³-hybridized carbons (Fsp3) is 0. The number of rotatable bonds is 2. The van der Waals surface area contributed by atoms with Crippen LogP contribution in [0.4, 0.5) is 5.69 Å². The van der Waals surface area contributed by atoms with Crippen LogP contribution in [0.1, 0.15) is 10.4 Å². The minimum atomic E-state index is -0.641. The Balaban J connectivity index is 1.71. The first kappa shape index (κ1) is 13.7. The van der Waals surface area contributed by atoms with Crippen LogP contribution in [-0.4, -0.2) is 5.91 Å². The van der Waals surface area contributed by atoms with Gasteiger partial charge in [-0.3, -0.25) is 4.79 Å². The van der Waals surface area contributed by atoms with E-state index in [0.29, 0.717) is 16.7 Å². The molecule has 2 aromatic heterocycles. The summed E-state index contributed by atoms with van der Waals surface area (Å²) in [6.45, 7) is 0. The number of nitrogens with one attached hydrogen (secondary N) is 1. The maximum atomic E-state index is 12.4. The molecule has 4 nitrogen and oxygen atoms in total. The quantitative estimate of drug-likeness (QED) is 0.561. The van der Waals surface area contributed by atoms with Crippen LogP contribution in [0.5, 0.6) is 0 Å². The number of carbonyl (C=O) groups excluding carboxylic acids is 1. The van der Waals surface area contributed by atoms with Gasteiger partial charge in [-0.15, -0.1) is 11.3 Å². The molecule has 4 aromatic rings. The summed E-state index contributed by atoms with van der Waals surface area (Å²) in [6, 6.07) is 16.3. The molecular formula is C18H11NO3S. The lowest BCUT2D eigenvalue weighted by Gasteiger charge is -2.05. The first-order valence-corrected chi connectivity index (χ1v) is 7.90. The minimum absolute atomic E-state index is 0.00545. The molecule has 0 saturated heterocycles. The zero-order valence-corrected chi connectivity index (χ0v) is 12.7. The Hall–Kier alpha value is -2.92. The predicted molar refractivity (Wildman–Crippen MR) is 92.3 cm³/mol. The van der Waals surface area contributed by atoms with E-state index < -0.39 is 11.5 Å². The van der Waals surface area contributed by atoms with E-state index in [9.17, 15) is 9.59 Å². The summed E-state index contributed by atoms with van der Waals surface area (Å²) in [5.74, 6) is -0.473. The Morgan fingerprint density at radius 1 is 1.00 bits per heavy atom. The van der Waals surface area contributed by atoms with Gasteiger partial charge >= 0.3 is 5.63 Å². The largest absolute Gasteiger partial charge is 0.422 e. The highest BCUT2D eigenvalue weighted by Gasteiger charge is 2.14. The lowest BCUT2D eigenvalue weighted by Crippen LogP contribution is -2.20. The second-order valence-electron chi connectivity index (χ2n) is 5.11. The summed E-state index contributed by atoms with van der Waals surface area (Å²) < 4.78 is 6.34. The van der Waals surface area contributed by atoms with Crippen molar-refractivity contribution in [3.63, 3.8) is 0 Å². The third kappa shape index (κ3) is 2.51. The number of fused-ring (bicyclic) bond motifs is 2. The molecule has 0 unspecified atom stereocenters. The highest BCUT2D eigenvalue weighted by molar-refractivity contribution is 7.17. The van der Waals surface area contributed by atoms with Crippen molar-refractivity contribution in [1.29, 1.82) is 0 Å². The molecule has 1 amide bonds. The number of thiophene rings is 1. The zero-order chi connectivity index (χ0) is 15.8. The maximum Gasteiger partial charge on any atom is 0.349 e. The highest BCUT2D eigenvalue weighted by atomic mass is 32.1. The molecule has 0 saturated carbocycles. The topological polar surface area (TPSA) is 59.3 Å². The second kappa shape index (κ2) is 5.37. The van der Waals surface area contributed by atoms with Gasteiger partial charge in [0.15, 0.2) is 0 Å². The molecule has 2 heterocycles. The van der Waals surface area contributed by atoms with Gasteiger partial charge in [-0.1, -0.05) is 18.2 Å². The van der Waals surface area contributed by atoms with E-state index in [-0.39, 0.29) is 5.56 Å². The zero-order valence-electron chi connectivity index (χ0n) is 11.9. The van der Waals surface area contributed by atoms with E-state index >= 15 is 0 Å². The van der Waals surface area contributed by atoms with Crippen LogP contribution in [0.2, 0.25) is 0 Å². The van der Waals surface area contributed by atoms with Crippen molar-refractivity contribution in [3.05, 3.63) is 76.0 Å². The van der Waals surface area contributed by atoms with Crippen LogP contribution in [-0.2, 0) is 0 Å². The molecule has 0 aliphatic carbocycles. The van der Waals surface area contributed by atoms with Crippen molar-refractivity contribution in [1.82, 2.24) is 0 Å². The monoisotopic (exact) mass is 321 g/mol. The average Bonchev–Trinajstić information content (AvgIpc) is 3.01. The lowest BCUT2D eigenvalue weighted by molar-refractivity contribution is 0.102. The van der Waals surface area contributed by atoms with Gasteiger partial charge in [-0.05, 0) is 47.2 Å². The van der Waals surface area contributed by atoms with Crippen LogP contribution in [0.15, 0.2) is 69.2 Å². The van der Waals surface area contributed by atoms with Crippen LogP contribution in [0, 0.1) is 0 Å². The molecule has 4 rings (SSSR count). The molecule has 0 atom stereocenters. The molecule has 23 heavy (non-hydrogen) atoms. The highest BCUT2D eigenvalue weighted by Crippen LogP contribution is 2.24. The molecular weight excluding hydrogens is 310 g/mol. The molecule has 0 fully saturated rings. The standard InChI is InChI=1S/C18H11NO3S/c20-17(19-13-5-6-16-12(9-13)7-8-23-16)14-10-11-3-1-2-4-15(11)22-18(14)21/h1-10H,(H,19,20). The van der Waals surface area contributed by atoms with Gasteiger partial charge in [0.05, 0.1) is 0 Å². The summed E-state index contributed by atoms with van der Waals surface area (Å²) in [4.78, 5) is 24.4. The Kier molecular flexibility index (Phi) is 3.20. The fourth-order valence-corrected chi connectivity index (χ4v) is 3.23. The number of anilines is 1. The molecule has 0 bridgehead atoms. The van der Waals surface area contributed by atoms with E-state index in [1.165, 1.54) is 0 Å². The number of benzene rings is 2. The Morgan fingerprint density at radius 3 is 2.78 bits per heavy atom. The van der Waals surface area contributed by atoms with E-state index in [1.807, 2.05) is 35.7 Å².